The van der Waals surface area contributed by atoms with Crippen LogP contribution in [0.25, 0.3) is 0 Å². The van der Waals surface area contributed by atoms with Gasteiger partial charge in [-0.1, -0.05) is 26.8 Å². The van der Waals surface area contributed by atoms with Gasteiger partial charge < -0.3 is 15.0 Å². The molecule has 2 aliphatic carbocycles. The minimum atomic E-state index is -0.904. The maximum atomic E-state index is 12.9. The van der Waals surface area contributed by atoms with Gasteiger partial charge in [0, 0.05) is 35.4 Å². The highest BCUT2D eigenvalue weighted by molar-refractivity contribution is 7.14. The van der Waals surface area contributed by atoms with Gasteiger partial charge in [-0.25, -0.2) is 9.78 Å². The lowest BCUT2D eigenvalue weighted by Crippen LogP contribution is -2.53. The van der Waals surface area contributed by atoms with Crippen LogP contribution in [0.5, 0.6) is 0 Å². The Hall–Kier alpha value is -3.21. The summed E-state index contributed by atoms with van der Waals surface area (Å²) in [6.45, 7) is 8.77. The maximum absolute atomic E-state index is 12.9. The summed E-state index contributed by atoms with van der Waals surface area (Å²) in [5, 5.41) is 5.18. The Morgan fingerprint density at radius 1 is 1.16 bits per heavy atom. The number of rotatable bonds is 10. The Morgan fingerprint density at radius 2 is 1.92 bits per heavy atom. The molecule has 3 N–H and O–H groups in total. The molecule has 0 radical (unpaired) electrons. The summed E-state index contributed by atoms with van der Waals surface area (Å²) in [4.78, 5) is 49.0. The number of aryl methyl sites for hydroxylation is 1. The lowest BCUT2D eigenvalue weighted by molar-refractivity contribution is -0.124. The fraction of sp³-hybridized carbons (Fsp3) is 0.577. The molecular weight excluding hydrogens is 492 g/mol. The maximum Gasteiger partial charge on any atom is 0.408 e. The van der Waals surface area contributed by atoms with E-state index in [2.05, 4.69) is 31.0 Å². The van der Waals surface area contributed by atoms with E-state index in [0.717, 1.165) is 41.7 Å². The first-order valence-corrected chi connectivity index (χ1v) is 13.6. The zero-order chi connectivity index (χ0) is 26.6. The van der Waals surface area contributed by atoms with Crippen molar-refractivity contribution in [2.24, 2.45) is 11.3 Å². The lowest BCUT2D eigenvalue weighted by Gasteiger charge is -2.25. The van der Waals surface area contributed by atoms with E-state index < -0.39 is 23.9 Å². The van der Waals surface area contributed by atoms with Crippen molar-refractivity contribution in [1.82, 2.24) is 26.1 Å². The number of hydrogen-bond acceptors (Lipinski definition) is 8. The standard InChI is InChI=1S/C26H36N6O4S/c1-16-5-6-18(12-27-16)14-36-25(35)29-20(11-26(2,3)4)22(33)30-31-23(34)21-15-37-24(28-21)32(19-9-10-19)13-17-7-8-17/h5-6,12,15,17,19-20H,7-11,13-14H2,1-4H3,(H,29,35)(H,30,33)(H,31,34)/t20-/m0/s1. The zero-order valence-electron chi connectivity index (χ0n) is 21.9. The molecule has 0 saturated heterocycles. The minimum Gasteiger partial charge on any atom is -0.445 e. The van der Waals surface area contributed by atoms with Crippen LogP contribution < -0.4 is 21.1 Å². The number of nitrogens with one attached hydrogen (secondary N) is 3. The van der Waals surface area contributed by atoms with Gasteiger partial charge in [0.1, 0.15) is 18.3 Å². The first kappa shape index (κ1) is 26.8. The van der Waals surface area contributed by atoms with Crippen molar-refractivity contribution in [3.8, 4) is 0 Å². The molecule has 0 unspecified atom stereocenters. The number of thiazole rings is 1. The second-order valence-electron chi connectivity index (χ2n) is 11.1. The highest BCUT2D eigenvalue weighted by Crippen LogP contribution is 2.38. The van der Waals surface area contributed by atoms with Crippen molar-refractivity contribution in [3.63, 3.8) is 0 Å². The van der Waals surface area contributed by atoms with Crippen LogP contribution in [0, 0.1) is 18.3 Å². The predicted molar refractivity (Wildman–Crippen MR) is 141 cm³/mol. The van der Waals surface area contributed by atoms with Crippen LogP contribution in [-0.2, 0) is 16.1 Å². The van der Waals surface area contributed by atoms with E-state index in [0.29, 0.717) is 12.5 Å². The van der Waals surface area contributed by atoms with Crippen LogP contribution in [0.2, 0.25) is 0 Å². The summed E-state index contributed by atoms with van der Waals surface area (Å²) < 4.78 is 5.27. The zero-order valence-corrected chi connectivity index (χ0v) is 22.7. The first-order chi connectivity index (χ1) is 17.6. The van der Waals surface area contributed by atoms with E-state index in [1.54, 1.807) is 11.6 Å². The Bertz CT molecular complexity index is 1110. The van der Waals surface area contributed by atoms with Crippen molar-refractivity contribution >= 4 is 34.4 Å². The number of pyridine rings is 1. The number of carbonyl (C=O) groups is 3. The van der Waals surface area contributed by atoms with Gasteiger partial charge >= 0.3 is 6.09 Å². The van der Waals surface area contributed by atoms with E-state index in [1.807, 2.05) is 39.8 Å². The summed E-state index contributed by atoms with van der Waals surface area (Å²) >= 11 is 1.45. The van der Waals surface area contributed by atoms with E-state index in [9.17, 15) is 14.4 Å². The van der Waals surface area contributed by atoms with Crippen LogP contribution in [0.4, 0.5) is 9.93 Å². The van der Waals surface area contributed by atoms with Gasteiger partial charge in [0.15, 0.2) is 5.13 Å². The Kier molecular flexibility index (Phi) is 8.31. The molecule has 0 aliphatic heterocycles. The van der Waals surface area contributed by atoms with Crippen LogP contribution in [0.1, 0.15) is 74.6 Å². The van der Waals surface area contributed by atoms with E-state index >= 15 is 0 Å². The molecule has 2 fully saturated rings. The molecule has 10 nitrogen and oxygen atoms in total. The smallest absolute Gasteiger partial charge is 0.408 e. The SMILES string of the molecule is Cc1ccc(COC(=O)N[C@@H](CC(C)(C)C)C(=O)NNC(=O)c2csc(N(CC3CC3)C3CC3)n2)cn1. The fourth-order valence-electron chi connectivity index (χ4n) is 3.86. The summed E-state index contributed by atoms with van der Waals surface area (Å²) in [7, 11) is 0. The molecule has 3 amide bonds. The molecule has 0 aromatic carbocycles. The molecule has 2 aliphatic rings. The van der Waals surface area contributed by atoms with E-state index in [1.165, 1.54) is 24.2 Å². The van der Waals surface area contributed by atoms with E-state index in [-0.39, 0.29) is 17.7 Å². The predicted octanol–water partition coefficient (Wildman–Crippen LogP) is 3.72. The molecule has 1 atom stereocenters. The highest BCUT2D eigenvalue weighted by Gasteiger charge is 2.35. The van der Waals surface area contributed by atoms with Gasteiger partial charge in [0.2, 0.25) is 0 Å². The van der Waals surface area contributed by atoms with Crippen molar-refractivity contribution in [3.05, 3.63) is 40.7 Å². The number of ether oxygens (including phenoxy) is 1. The van der Waals surface area contributed by atoms with Crippen molar-refractivity contribution in [2.45, 2.75) is 78.5 Å². The molecule has 0 spiro atoms. The molecule has 11 heteroatoms. The summed E-state index contributed by atoms with van der Waals surface area (Å²) in [6, 6.07) is 3.27. The average Bonchev–Trinajstić information content (AvgIpc) is 3.77. The number of hydrazine groups is 1. The number of carbonyl (C=O) groups excluding carboxylic acids is 3. The minimum absolute atomic E-state index is 0.0322. The number of hydrogen-bond donors (Lipinski definition) is 3. The third-order valence-electron chi connectivity index (χ3n) is 6.18. The van der Waals surface area contributed by atoms with E-state index in [4.69, 9.17) is 4.74 Å². The highest BCUT2D eigenvalue weighted by atomic mass is 32.1. The van der Waals surface area contributed by atoms with Crippen LogP contribution >= 0.6 is 11.3 Å². The summed E-state index contributed by atoms with van der Waals surface area (Å²) in [5.74, 6) is -0.309. The number of amides is 3. The summed E-state index contributed by atoms with van der Waals surface area (Å²) in [5.41, 5.74) is 6.47. The van der Waals surface area contributed by atoms with Crippen molar-refractivity contribution in [1.29, 1.82) is 0 Å². The molecule has 2 aromatic rings. The first-order valence-electron chi connectivity index (χ1n) is 12.7. The molecule has 37 heavy (non-hydrogen) atoms. The van der Waals surface area contributed by atoms with Gasteiger partial charge in [-0.05, 0) is 56.4 Å². The number of aromatic nitrogens is 2. The van der Waals surface area contributed by atoms with Crippen LogP contribution in [0.15, 0.2) is 23.7 Å². The summed E-state index contributed by atoms with van der Waals surface area (Å²) in [6.07, 6.45) is 6.09. The average molecular weight is 529 g/mol. The fourth-order valence-corrected chi connectivity index (χ4v) is 4.74. The van der Waals surface area contributed by atoms with Gasteiger partial charge in [-0.2, -0.15) is 0 Å². The quantitative estimate of drug-likeness (QED) is 0.401. The number of nitrogens with zero attached hydrogens (tertiary/aromatic N) is 3. The molecule has 0 bridgehead atoms. The number of alkyl carbamates (subject to hydrolysis) is 1. The third-order valence-corrected chi connectivity index (χ3v) is 7.05. The lowest BCUT2D eigenvalue weighted by atomic mass is 9.88. The van der Waals surface area contributed by atoms with Crippen LogP contribution in [0.3, 0.4) is 0 Å². The van der Waals surface area contributed by atoms with Gasteiger partial charge in [0.25, 0.3) is 11.8 Å². The molecular formula is C26H36N6O4S. The number of anilines is 1. The Labute approximate surface area is 221 Å². The second-order valence-corrected chi connectivity index (χ2v) is 12.0. The monoisotopic (exact) mass is 528 g/mol. The Balaban J connectivity index is 1.30. The normalized spacial score (nSPS) is 16.0. The van der Waals surface area contributed by atoms with Crippen molar-refractivity contribution < 1.29 is 19.1 Å². The molecule has 200 valence electrons. The molecule has 2 heterocycles. The molecule has 2 saturated carbocycles. The van der Waals surface area contributed by atoms with Gasteiger partial charge in [-0.15, -0.1) is 11.3 Å². The second kappa shape index (κ2) is 11.5. The Morgan fingerprint density at radius 3 is 2.54 bits per heavy atom. The third kappa shape index (κ3) is 8.41. The van der Waals surface area contributed by atoms with Crippen molar-refractivity contribution in [2.75, 3.05) is 11.4 Å². The largest absolute Gasteiger partial charge is 0.445 e. The molecule has 2 aromatic heterocycles. The topological polar surface area (TPSA) is 126 Å². The van der Waals surface area contributed by atoms with Crippen LogP contribution in [-0.4, -0.2) is 46.5 Å². The van der Waals surface area contributed by atoms with Gasteiger partial charge in [-0.3, -0.25) is 25.4 Å². The molecule has 4 rings (SSSR count). The van der Waals surface area contributed by atoms with Gasteiger partial charge in [0.05, 0.1) is 0 Å².